The summed E-state index contributed by atoms with van der Waals surface area (Å²) in [6.07, 6.45) is 5.50. The fraction of sp³-hybridized carbons (Fsp3) is 0.176. The van der Waals surface area contributed by atoms with Crippen molar-refractivity contribution in [2.24, 2.45) is 0 Å². The first-order chi connectivity index (χ1) is 10.2. The molecule has 4 heteroatoms. The van der Waals surface area contributed by atoms with E-state index in [2.05, 4.69) is 6.08 Å². The maximum absolute atomic E-state index is 12.8. The number of methoxy groups -OCH3 is 1. The molecule has 2 nitrogen and oxygen atoms in total. The smallest absolute Gasteiger partial charge is 0.156 e. The van der Waals surface area contributed by atoms with E-state index in [1.807, 2.05) is 18.2 Å². The van der Waals surface area contributed by atoms with Crippen LogP contribution in [-0.2, 0) is 17.6 Å². The number of rotatable bonds is 6. The molecule has 21 heavy (non-hydrogen) atoms. The lowest BCUT2D eigenvalue weighted by Gasteiger charge is -2.08. The van der Waals surface area contributed by atoms with Crippen molar-refractivity contribution in [3.05, 3.63) is 72.1 Å². The zero-order valence-electron chi connectivity index (χ0n) is 11.7. The summed E-state index contributed by atoms with van der Waals surface area (Å²) in [4.78, 5) is 0.719. The van der Waals surface area contributed by atoms with Crippen LogP contribution in [0, 0.1) is 11.9 Å². The number of hydrogen-bond acceptors (Lipinski definition) is 2. The molecule has 2 rings (SSSR count). The lowest BCUT2D eigenvalue weighted by molar-refractivity contribution is 0.413. The van der Waals surface area contributed by atoms with Gasteiger partial charge in [-0.25, -0.2) is 4.39 Å². The molecule has 1 unspecified atom stereocenters. The minimum absolute atomic E-state index is 0.245. The fourth-order valence-corrected chi connectivity index (χ4v) is 2.69. The Morgan fingerprint density at radius 3 is 2.71 bits per heavy atom. The second kappa shape index (κ2) is 7.86. The Hall–Kier alpha value is -1.78. The standard InChI is InChI=1S/C17H16FO2S/c1-20-16-6-4-7-17(13-16)21(19)12-3-2-5-14-8-10-15(18)11-9-14/h2,4,6-11,13H,5,12H2,1H3. The van der Waals surface area contributed by atoms with Crippen molar-refractivity contribution >= 4 is 11.2 Å². The third-order valence-electron chi connectivity index (χ3n) is 2.91. The highest BCUT2D eigenvalue weighted by Gasteiger charge is 2.09. The van der Waals surface area contributed by atoms with Crippen LogP contribution in [0.25, 0.3) is 0 Å². The third kappa shape index (κ3) is 4.92. The molecular formula is C17H16FO2S. The van der Waals surface area contributed by atoms with E-state index in [4.69, 9.17) is 4.74 Å². The van der Waals surface area contributed by atoms with Crippen LogP contribution in [0.15, 0.2) is 59.5 Å². The predicted octanol–water partition coefficient (Wildman–Crippen LogP) is 3.54. The van der Waals surface area contributed by atoms with Gasteiger partial charge in [0.15, 0.2) is 4.90 Å². The number of benzene rings is 2. The largest absolute Gasteiger partial charge is 0.611 e. The Labute approximate surface area is 127 Å². The summed E-state index contributed by atoms with van der Waals surface area (Å²) in [5, 5.41) is 0. The van der Waals surface area contributed by atoms with E-state index in [0.717, 1.165) is 10.5 Å². The Bertz CT molecular complexity index is 596. The van der Waals surface area contributed by atoms with Crippen molar-refractivity contribution in [1.29, 1.82) is 0 Å². The molecule has 0 fully saturated rings. The molecular weight excluding hydrogens is 287 g/mol. The summed E-state index contributed by atoms with van der Waals surface area (Å²) in [5.41, 5.74) is 0.996. The quantitative estimate of drug-likeness (QED) is 0.765. The highest BCUT2D eigenvalue weighted by atomic mass is 32.2. The molecule has 0 heterocycles. The van der Waals surface area contributed by atoms with Gasteiger partial charge in [-0.1, -0.05) is 24.3 Å². The van der Waals surface area contributed by atoms with Gasteiger partial charge in [0.2, 0.25) is 0 Å². The lowest BCUT2D eigenvalue weighted by atomic mass is 10.1. The van der Waals surface area contributed by atoms with Crippen molar-refractivity contribution < 1.29 is 13.7 Å². The molecule has 109 valence electrons. The second-order valence-corrected chi connectivity index (χ2v) is 5.86. The molecule has 0 spiro atoms. The van der Waals surface area contributed by atoms with E-state index < -0.39 is 11.2 Å². The Kier molecular flexibility index (Phi) is 5.84. The number of halogens is 1. The molecule has 2 aromatic carbocycles. The van der Waals surface area contributed by atoms with Gasteiger partial charge in [0.1, 0.15) is 17.3 Å². The summed E-state index contributed by atoms with van der Waals surface area (Å²) in [7, 11) is 1.58. The van der Waals surface area contributed by atoms with Crippen LogP contribution >= 0.6 is 0 Å². The second-order valence-electron chi connectivity index (χ2n) is 4.41. The number of hydrogen-bond donors (Lipinski definition) is 0. The van der Waals surface area contributed by atoms with E-state index >= 15 is 0 Å². The maximum Gasteiger partial charge on any atom is 0.156 e. The Morgan fingerprint density at radius 2 is 2.00 bits per heavy atom. The average Bonchev–Trinajstić information content (AvgIpc) is 2.53. The SMILES string of the molecule is COc1cccc([S+]([O-])C/[C]=C/Cc2ccc(F)cc2)c1. The first-order valence-corrected chi connectivity index (χ1v) is 7.83. The minimum atomic E-state index is -1.14. The molecule has 0 aliphatic carbocycles. The number of ether oxygens (including phenoxy) is 1. The topological polar surface area (TPSA) is 32.3 Å². The molecule has 0 saturated heterocycles. The van der Waals surface area contributed by atoms with Crippen LogP contribution in [0.4, 0.5) is 4.39 Å². The van der Waals surface area contributed by atoms with Gasteiger partial charge in [0.05, 0.1) is 7.11 Å². The highest BCUT2D eigenvalue weighted by molar-refractivity contribution is 7.91. The zero-order valence-corrected chi connectivity index (χ0v) is 12.5. The molecule has 0 aromatic heterocycles. The third-order valence-corrected chi connectivity index (χ3v) is 4.12. The van der Waals surface area contributed by atoms with Gasteiger partial charge < -0.3 is 9.29 Å². The highest BCUT2D eigenvalue weighted by Crippen LogP contribution is 2.18. The van der Waals surface area contributed by atoms with Crippen LogP contribution in [-0.4, -0.2) is 17.4 Å². The van der Waals surface area contributed by atoms with Crippen molar-refractivity contribution in [2.75, 3.05) is 12.9 Å². The van der Waals surface area contributed by atoms with E-state index in [9.17, 15) is 8.94 Å². The molecule has 0 aliphatic rings. The average molecular weight is 303 g/mol. The minimum Gasteiger partial charge on any atom is -0.611 e. The van der Waals surface area contributed by atoms with E-state index in [1.165, 1.54) is 12.1 Å². The summed E-state index contributed by atoms with van der Waals surface area (Å²) >= 11 is -1.14. The summed E-state index contributed by atoms with van der Waals surface area (Å²) in [6, 6.07) is 13.5. The van der Waals surface area contributed by atoms with Crippen molar-refractivity contribution in [3.8, 4) is 5.75 Å². The van der Waals surface area contributed by atoms with Crippen LogP contribution in [0.3, 0.4) is 0 Å². The van der Waals surface area contributed by atoms with Gasteiger partial charge >= 0.3 is 0 Å². The number of allylic oxidation sites excluding steroid dienone is 1. The molecule has 0 bridgehead atoms. The Morgan fingerprint density at radius 1 is 1.24 bits per heavy atom. The molecule has 0 amide bonds. The summed E-state index contributed by atoms with van der Waals surface area (Å²) in [6.45, 7) is 0. The zero-order chi connectivity index (χ0) is 15.1. The van der Waals surface area contributed by atoms with Gasteiger partial charge in [-0.3, -0.25) is 0 Å². The molecule has 2 aromatic rings. The summed E-state index contributed by atoms with van der Waals surface area (Å²) < 4.78 is 30.0. The van der Waals surface area contributed by atoms with Gasteiger partial charge in [0, 0.05) is 12.1 Å². The molecule has 0 saturated carbocycles. The maximum atomic E-state index is 12.8. The first kappa shape index (κ1) is 15.6. The van der Waals surface area contributed by atoms with Crippen LogP contribution < -0.4 is 4.74 Å². The van der Waals surface area contributed by atoms with Crippen LogP contribution in [0.2, 0.25) is 0 Å². The molecule has 1 atom stereocenters. The van der Waals surface area contributed by atoms with E-state index in [0.29, 0.717) is 17.9 Å². The fourth-order valence-electron chi connectivity index (χ4n) is 1.77. The van der Waals surface area contributed by atoms with E-state index in [-0.39, 0.29) is 5.82 Å². The monoisotopic (exact) mass is 303 g/mol. The normalized spacial score (nSPS) is 12.5. The lowest BCUT2D eigenvalue weighted by Crippen LogP contribution is -2.05. The van der Waals surface area contributed by atoms with Crippen LogP contribution in [0.1, 0.15) is 5.56 Å². The molecule has 0 N–H and O–H groups in total. The van der Waals surface area contributed by atoms with E-state index in [1.54, 1.807) is 31.4 Å². The van der Waals surface area contributed by atoms with Crippen molar-refractivity contribution in [1.82, 2.24) is 0 Å². The van der Waals surface area contributed by atoms with Crippen molar-refractivity contribution in [3.63, 3.8) is 0 Å². The van der Waals surface area contributed by atoms with Gasteiger partial charge in [-0.2, -0.15) is 0 Å². The van der Waals surface area contributed by atoms with Gasteiger partial charge in [-0.15, -0.1) is 0 Å². The summed E-state index contributed by atoms with van der Waals surface area (Å²) in [5.74, 6) is 0.774. The predicted molar refractivity (Wildman–Crippen MR) is 82.2 cm³/mol. The first-order valence-electron chi connectivity index (χ1n) is 6.51. The molecule has 1 radical (unpaired) electrons. The molecule has 0 aliphatic heterocycles. The van der Waals surface area contributed by atoms with Crippen LogP contribution in [0.5, 0.6) is 5.75 Å². The Balaban J connectivity index is 1.86. The van der Waals surface area contributed by atoms with Crippen molar-refractivity contribution in [2.45, 2.75) is 11.3 Å². The van der Waals surface area contributed by atoms with Gasteiger partial charge in [-0.05, 0) is 47.4 Å². The van der Waals surface area contributed by atoms with Gasteiger partial charge in [0.25, 0.3) is 0 Å².